The van der Waals surface area contributed by atoms with E-state index in [0.717, 1.165) is 18.5 Å². The second-order valence-corrected chi connectivity index (χ2v) is 4.76. The van der Waals surface area contributed by atoms with Gasteiger partial charge in [-0.1, -0.05) is 23.4 Å². The molecule has 0 amide bonds. The van der Waals surface area contributed by atoms with Crippen LogP contribution in [0.25, 0.3) is 11.5 Å². The highest BCUT2D eigenvalue weighted by Gasteiger charge is 2.12. The van der Waals surface area contributed by atoms with E-state index in [2.05, 4.69) is 21.5 Å². The van der Waals surface area contributed by atoms with Crippen LogP contribution in [-0.2, 0) is 13.0 Å². The molecule has 1 aromatic carbocycles. The van der Waals surface area contributed by atoms with Crippen molar-refractivity contribution in [2.45, 2.75) is 13.0 Å². The van der Waals surface area contributed by atoms with Crippen molar-refractivity contribution in [2.24, 2.45) is 0 Å². The van der Waals surface area contributed by atoms with Crippen LogP contribution in [0.15, 0.2) is 28.8 Å². The molecule has 102 valence electrons. The van der Waals surface area contributed by atoms with Gasteiger partial charge in [0.05, 0.1) is 6.54 Å². The normalized spacial score (nSPS) is 11.2. The number of likely N-dealkylation sites (N-methyl/N-ethyl adjacent to an activating group) is 1. The van der Waals surface area contributed by atoms with Gasteiger partial charge in [-0.05, 0) is 45.7 Å². The highest BCUT2D eigenvalue weighted by Crippen LogP contribution is 2.22. The summed E-state index contributed by atoms with van der Waals surface area (Å²) in [5, 5.41) is 7.16. The third-order valence-corrected chi connectivity index (χ3v) is 2.82. The van der Waals surface area contributed by atoms with E-state index in [-0.39, 0.29) is 0 Å². The zero-order valence-corrected chi connectivity index (χ0v) is 11.7. The third kappa shape index (κ3) is 3.62. The van der Waals surface area contributed by atoms with Crippen molar-refractivity contribution in [2.75, 3.05) is 27.7 Å². The molecule has 0 spiro atoms. The summed E-state index contributed by atoms with van der Waals surface area (Å²) < 4.78 is 5.36. The molecule has 2 rings (SSSR count). The summed E-state index contributed by atoms with van der Waals surface area (Å²) in [4.78, 5) is 6.46. The Labute approximate surface area is 113 Å². The average molecular weight is 260 g/mol. The number of benzene rings is 1. The molecule has 0 fully saturated rings. The minimum absolute atomic E-state index is 0.601. The molecule has 1 aromatic heterocycles. The van der Waals surface area contributed by atoms with Gasteiger partial charge in [-0.3, -0.25) is 0 Å². The predicted octanol–water partition coefficient (Wildman–Crippen LogP) is 1.56. The van der Waals surface area contributed by atoms with Gasteiger partial charge in [0.1, 0.15) is 0 Å². The summed E-state index contributed by atoms with van der Waals surface area (Å²) >= 11 is 0. The number of nitrogens with zero attached hydrogens (tertiary/aromatic N) is 3. The summed E-state index contributed by atoms with van der Waals surface area (Å²) in [5.41, 5.74) is 2.24. The molecule has 1 heterocycles. The van der Waals surface area contributed by atoms with E-state index < -0.39 is 0 Å². The Morgan fingerprint density at radius 2 is 2.05 bits per heavy atom. The van der Waals surface area contributed by atoms with Crippen molar-refractivity contribution >= 4 is 0 Å². The molecule has 0 saturated heterocycles. The number of hydrogen-bond donors (Lipinski definition) is 1. The Bertz CT molecular complexity index is 522. The maximum absolute atomic E-state index is 5.36. The maximum atomic E-state index is 5.36. The summed E-state index contributed by atoms with van der Waals surface area (Å²) in [5.74, 6) is 1.31. The molecule has 1 N–H and O–H groups in total. The van der Waals surface area contributed by atoms with Gasteiger partial charge in [-0.25, -0.2) is 0 Å². The van der Waals surface area contributed by atoms with Crippen molar-refractivity contribution in [1.82, 2.24) is 20.4 Å². The standard InChI is InChI=1S/C14H20N4O/c1-15-9-8-11-6-4-5-7-12(11)14-16-13(17-19-14)10-18(2)3/h4-7,15H,8-10H2,1-3H3. The van der Waals surface area contributed by atoms with Crippen LogP contribution in [0.2, 0.25) is 0 Å². The lowest BCUT2D eigenvalue weighted by atomic mass is 10.0. The van der Waals surface area contributed by atoms with E-state index in [1.54, 1.807) is 0 Å². The minimum Gasteiger partial charge on any atom is -0.334 e. The van der Waals surface area contributed by atoms with E-state index in [4.69, 9.17) is 4.52 Å². The van der Waals surface area contributed by atoms with Gasteiger partial charge >= 0.3 is 0 Å². The molecule has 0 aliphatic rings. The van der Waals surface area contributed by atoms with Gasteiger partial charge in [0, 0.05) is 5.56 Å². The quantitative estimate of drug-likeness (QED) is 0.854. The Morgan fingerprint density at radius 3 is 2.79 bits per heavy atom. The van der Waals surface area contributed by atoms with E-state index in [0.29, 0.717) is 18.3 Å². The second kappa shape index (κ2) is 6.45. The Kier molecular flexibility index (Phi) is 4.65. The molecule has 2 aromatic rings. The van der Waals surface area contributed by atoms with Crippen molar-refractivity contribution in [3.05, 3.63) is 35.7 Å². The van der Waals surface area contributed by atoms with Gasteiger partial charge in [-0.2, -0.15) is 4.98 Å². The largest absolute Gasteiger partial charge is 0.334 e. The Morgan fingerprint density at radius 1 is 1.26 bits per heavy atom. The first-order valence-electron chi connectivity index (χ1n) is 6.41. The predicted molar refractivity (Wildman–Crippen MR) is 74.8 cm³/mol. The molecule has 0 atom stereocenters. The van der Waals surface area contributed by atoms with Crippen LogP contribution < -0.4 is 5.32 Å². The lowest BCUT2D eigenvalue weighted by molar-refractivity contribution is 0.365. The summed E-state index contributed by atoms with van der Waals surface area (Å²) in [7, 11) is 5.91. The fourth-order valence-electron chi connectivity index (χ4n) is 1.92. The fraction of sp³-hybridized carbons (Fsp3) is 0.429. The van der Waals surface area contributed by atoms with Crippen molar-refractivity contribution in [3.8, 4) is 11.5 Å². The molecule has 19 heavy (non-hydrogen) atoms. The molecular weight excluding hydrogens is 240 g/mol. The van der Waals surface area contributed by atoms with Crippen LogP contribution in [0, 0.1) is 0 Å². The van der Waals surface area contributed by atoms with Crippen LogP contribution in [0.1, 0.15) is 11.4 Å². The molecule has 0 unspecified atom stereocenters. The molecule has 0 bridgehead atoms. The van der Waals surface area contributed by atoms with Gasteiger partial charge < -0.3 is 14.7 Å². The average Bonchev–Trinajstić information content (AvgIpc) is 2.84. The van der Waals surface area contributed by atoms with Gasteiger partial charge in [0.15, 0.2) is 5.82 Å². The zero-order chi connectivity index (χ0) is 13.7. The van der Waals surface area contributed by atoms with Gasteiger partial charge in [0.25, 0.3) is 5.89 Å². The zero-order valence-electron chi connectivity index (χ0n) is 11.7. The van der Waals surface area contributed by atoms with E-state index in [1.165, 1.54) is 5.56 Å². The third-order valence-electron chi connectivity index (χ3n) is 2.82. The van der Waals surface area contributed by atoms with Crippen molar-refractivity contribution in [3.63, 3.8) is 0 Å². The SMILES string of the molecule is CNCCc1ccccc1-c1nc(CN(C)C)no1. The van der Waals surface area contributed by atoms with E-state index in [9.17, 15) is 0 Å². The molecule has 0 aliphatic carbocycles. The minimum atomic E-state index is 0.601. The van der Waals surface area contributed by atoms with E-state index >= 15 is 0 Å². The molecule has 0 radical (unpaired) electrons. The van der Waals surface area contributed by atoms with Crippen molar-refractivity contribution < 1.29 is 4.52 Å². The topological polar surface area (TPSA) is 54.2 Å². The lowest BCUT2D eigenvalue weighted by Crippen LogP contribution is -2.12. The first kappa shape index (κ1) is 13.7. The number of aromatic nitrogens is 2. The maximum Gasteiger partial charge on any atom is 0.258 e. The highest BCUT2D eigenvalue weighted by atomic mass is 16.5. The van der Waals surface area contributed by atoms with Crippen LogP contribution in [-0.4, -0.2) is 42.7 Å². The second-order valence-electron chi connectivity index (χ2n) is 4.76. The first-order chi connectivity index (χ1) is 9.20. The first-order valence-corrected chi connectivity index (χ1v) is 6.41. The molecular formula is C14H20N4O. The Balaban J connectivity index is 2.23. The highest BCUT2D eigenvalue weighted by molar-refractivity contribution is 5.58. The summed E-state index contributed by atoms with van der Waals surface area (Å²) in [6.45, 7) is 1.61. The fourth-order valence-corrected chi connectivity index (χ4v) is 1.92. The van der Waals surface area contributed by atoms with Gasteiger partial charge in [0.2, 0.25) is 0 Å². The van der Waals surface area contributed by atoms with Gasteiger partial charge in [-0.15, -0.1) is 0 Å². The summed E-state index contributed by atoms with van der Waals surface area (Å²) in [6, 6.07) is 8.15. The lowest BCUT2D eigenvalue weighted by Gasteiger charge is -2.05. The number of nitrogens with one attached hydrogen (secondary N) is 1. The van der Waals surface area contributed by atoms with Crippen LogP contribution in [0.5, 0.6) is 0 Å². The van der Waals surface area contributed by atoms with Crippen LogP contribution >= 0.6 is 0 Å². The van der Waals surface area contributed by atoms with Crippen LogP contribution in [0.3, 0.4) is 0 Å². The van der Waals surface area contributed by atoms with Crippen molar-refractivity contribution in [1.29, 1.82) is 0 Å². The number of rotatable bonds is 6. The number of hydrogen-bond acceptors (Lipinski definition) is 5. The Hall–Kier alpha value is -1.72. The molecule has 0 aliphatic heterocycles. The van der Waals surface area contributed by atoms with Crippen LogP contribution in [0.4, 0.5) is 0 Å². The molecule has 0 saturated carbocycles. The monoisotopic (exact) mass is 260 g/mol. The molecule has 5 nitrogen and oxygen atoms in total. The smallest absolute Gasteiger partial charge is 0.258 e. The molecule has 5 heteroatoms. The summed E-state index contributed by atoms with van der Waals surface area (Å²) in [6.07, 6.45) is 0.943. The van der Waals surface area contributed by atoms with E-state index in [1.807, 2.05) is 44.2 Å².